The number of primary amides is 1. The predicted molar refractivity (Wildman–Crippen MR) is 105 cm³/mol. The first-order chi connectivity index (χ1) is 13.0. The highest BCUT2D eigenvalue weighted by Crippen LogP contribution is 2.40. The molecule has 4 unspecified atom stereocenters. The second-order valence-corrected chi connectivity index (χ2v) is 7.32. The summed E-state index contributed by atoms with van der Waals surface area (Å²) in [5.41, 5.74) is 12.2. The Morgan fingerprint density at radius 2 is 2.07 bits per heavy atom. The Hall–Kier alpha value is -1.87. The summed E-state index contributed by atoms with van der Waals surface area (Å²) in [5.74, 6) is 7.59. The SMILES string of the molecule is CCCCOC(=O)C1CC2CC(CC/C(N)=N/NN)CCC2CN1.NC=O. The van der Waals surface area contributed by atoms with Crippen LogP contribution in [0.5, 0.6) is 0 Å². The van der Waals surface area contributed by atoms with Crippen LogP contribution in [-0.4, -0.2) is 37.4 Å². The molecule has 0 spiro atoms. The van der Waals surface area contributed by atoms with Gasteiger partial charge in [0.2, 0.25) is 6.41 Å². The Labute approximate surface area is 161 Å². The zero-order chi connectivity index (χ0) is 20.1. The van der Waals surface area contributed by atoms with E-state index in [4.69, 9.17) is 21.1 Å². The number of unbranched alkanes of at least 4 members (excludes halogenated alkanes) is 1. The van der Waals surface area contributed by atoms with Crippen LogP contribution in [0, 0.1) is 17.8 Å². The highest BCUT2D eigenvalue weighted by atomic mass is 16.5. The van der Waals surface area contributed by atoms with Gasteiger partial charge in [0, 0.05) is 6.42 Å². The van der Waals surface area contributed by atoms with Crippen molar-refractivity contribution < 1.29 is 14.3 Å². The molecule has 9 heteroatoms. The number of rotatable bonds is 8. The third-order valence-electron chi connectivity index (χ3n) is 5.46. The molecule has 4 atom stereocenters. The Bertz CT molecular complexity index is 474. The molecule has 0 bridgehead atoms. The third kappa shape index (κ3) is 8.57. The van der Waals surface area contributed by atoms with E-state index < -0.39 is 0 Å². The molecule has 1 amide bonds. The number of carbonyl (C=O) groups excluding carboxylic acids is 2. The number of amides is 1. The van der Waals surface area contributed by atoms with Crippen molar-refractivity contribution in [2.45, 2.75) is 64.3 Å². The fraction of sp³-hybridized carbons (Fsp3) is 0.833. The number of nitrogens with one attached hydrogen (secondary N) is 2. The van der Waals surface area contributed by atoms with E-state index >= 15 is 0 Å². The normalized spacial score (nSPS) is 27.6. The monoisotopic (exact) mass is 384 g/mol. The molecule has 1 heterocycles. The summed E-state index contributed by atoms with van der Waals surface area (Å²) < 4.78 is 5.38. The van der Waals surface area contributed by atoms with Gasteiger partial charge < -0.3 is 21.5 Å². The first-order valence-corrected chi connectivity index (χ1v) is 9.88. The van der Waals surface area contributed by atoms with Gasteiger partial charge in [-0.25, -0.2) is 11.4 Å². The van der Waals surface area contributed by atoms with Crippen LogP contribution >= 0.6 is 0 Å². The fourth-order valence-corrected chi connectivity index (χ4v) is 4.01. The van der Waals surface area contributed by atoms with E-state index in [0.717, 1.165) is 38.6 Å². The molecule has 9 nitrogen and oxygen atoms in total. The Morgan fingerprint density at radius 3 is 2.74 bits per heavy atom. The Balaban J connectivity index is 0.00000114. The van der Waals surface area contributed by atoms with Gasteiger partial charge in [-0.2, -0.15) is 5.10 Å². The highest BCUT2D eigenvalue weighted by molar-refractivity contribution is 5.79. The van der Waals surface area contributed by atoms with Crippen molar-refractivity contribution in [3.05, 3.63) is 0 Å². The van der Waals surface area contributed by atoms with Gasteiger partial charge in [-0.05, 0) is 56.4 Å². The number of nitrogens with two attached hydrogens (primary N) is 3. The zero-order valence-corrected chi connectivity index (χ0v) is 16.4. The van der Waals surface area contributed by atoms with Crippen LogP contribution in [-0.2, 0) is 14.3 Å². The van der Waals surface area contributed by atoms with E-state index in [9.17, 15) is 4.79 Å². The number of ether oxygens (including phenoxy) is 1. The van der Waals surface area contributed by atoms with E-state index in [1.807, 2.05) is 0 Å². The maximum Gasteiger partial charge on any atom is 0.323 e. The van der Waals surface area contributed by atoms with Crippen LogP contribution in [0.2, 0.25) is 0 Å². The summed E-state index contributed by atoms with van der Waals surface area (Å²) in [5, 5.41) is 7.20. The second kappa shape index (κ2) is 13.3. The lowest BCUT2D eigenvalue weighted by Gasteiger charge is -2.42. The minimum Gasteiger partial charge on any atom is -0.465 e. The third-order valence-corrected chi connectivity index (χ3v) is 5.46. The van der Waals surface area contributed by atoms with Gasteiger partial charge in [-0.1, -0.05) is 19.8 Å². The average Bonchev–Trinajstić information content (AvgIpc) is 2.66. The lowest BCUT2D eigenvalue weighted by molar-refractivity contribution is -0.148. The Morgan fingerprint density at radius 1 is 1.33 bits per heavy atom. The largest absolute Gasteiger partial charge is 0.465 e. The molecule has 1 saturated heterocycles. The number of carbonyl (C=O) groups is 2. The van der Waals surface area contributed by atoms with E-state index in [-0.39, 0.29) is 18.4 Å². The number of esters is 1. The van der Waals surface area contributed by atoms with Crippen molar-refractivity contribution in [3.63, 3.8) is 0 Å². The lowest BCUT2D eigenvalue weighted by atomic mass is 9.69. The molecule has 1 aliphatic carbocycles. The summed E-state index contributed by atoms with van der Waals surface area (Å²) >= 11 is 0. The van der Waals surface area contributed by atoms with Crippen LogP contribution in [0.15, 0.2) is 5.10 Å². The fourth-order valence-electron chi connectivity index (χ4n) is 4.01. The number of hydrogen-bond acceptors (Lipinski definition) is 7. The minimum absolute atomic E-state index is 0.0746. The molecule has 156 valence electrons. The second-order valence-electron chi connectivity index (χ2n) is 7.32. The summed E-state index contributed by atoms with van der Waals surface area (Å²) in [6.45, 7) is 3.57. The van der Waals surface area contributed by atoms with Crippen LogP contribution < -0.4 is 28.2 Å². The van der Waals surface area contributed by atoms with Gasteiger partial charge in [0.25, 0.3) is 0 Å². The Kier molecular flexibility index (Phi) is 11.4. The number of piperidine rings is 1. The molecule has 1 saturated carbocycles. The maximum absolute atomic E-state index is 12.2. The van der Waals surface area contributed by atoms with Crippen molar-refractivity contribution >= 4 is 18.2 Å². The summed E-state index contributed by atoms with van der Waals surface area (Å²) in [4.78, 5) is 20.8. The molecule has 1 aliphatic heterocycles. The van der Waals surface area contributed by atoms with Crippen LogP contribution in [0.25, 0.3) is 0 Å². The van der Waals surface area contributed by atoms with Crippen molar-refractivity contribution in [3.8, 4) is 0 Å². The molecular formula is C18H36N6O3. The molecule has 27 heavy (non-hydrogen) atoms. The van der Waals surface area contributed by atoms with Gasteiger partial charge in [0.15, 0.2) is 0 Å². The summed E-state index contributed by atoms with van der Waals surface area (Å²) in [6, 6.07) is -0.130. The van der Waals surface area contributed by atoms with Crippen molar-refractivity contribution in [2.75, 3.05) is 13.2 Å². The maximum atomic E-state index is 12.2. The minimum atomic E-state index is -0.130. The lowest BCUT2D eigenvalue weighted by Crippen LogP contribution is -2.50. The number of amidine groups is 1. The number of nitrogens with zero attached hydrogens (tertiary/aromatic N) is 1. The quantitative estimate of drug-likeness (QED) is 0.0767. The van der Waals surface area contributed by atoms with E-state index in [0.29, 0.717) is 30.2 Å². The molecule has 2 rings (SSSR count). The van der Waals surface area contributed by atoms with Gasteiger partial charge in [-0.3, -0.25) is 9.59 Å². The molecule has 0 aromatic rings. The molecule has 0 aromatic carbocycles. The first kappa shape index (κ1) is 23.2. The number of fused-ring (bicyclic) bond motifs is 1. The molecular weight excluding hydrogens is 348 g/mol. The van der Waals surface area contributed by atoms with Gasteiger partial charge in [0.1, 0.15) is 11.9 Å². The topological polar surface area (TPSA) is 158 Å². The van der Waals surface area contributed by atoms with Gasteiger partial charge in [0.05, 0.1) is 6.61 Å². The summed E-state index contributed by atoms with van der Waals surface area (Å²) in [7, 11) is 0. The molecule has 2 fully saturated rings. The average molecular weight is 385 g/mol. The number of hydrazone groups is 1. The van der Waals surface area contributed by atoms with Crippen molar-refractivity contribution in [2.24, 2.45) is 40.2 Å². The van der Waals surface area contributed by atoms with Gasteiger partial charge in [-0.15, -0.1) is 0 Å². The van der Waals surface area contributed by atoms with Crippen LogP contribution in [0.1, 0.15) is 58.3 Å². The molecule has 2 aliphatic rings. The summed E-state index contributed by atoms with van der Waals surface area (Å²) in [6.07, 6.45) is 8.59. The van der Waals surface area contributed by atoms with Crippen molar-refractivity contribution in [1.82, 2.24) is 10.9 Å². The zero-order valence-electron chi connectivity index (χ0n) is 16.4. The predicted octanol–water partition coefficient (Wildman–Crippen LogP) is 0.341. The molecule has 8 N–H and O–H groups in total. The van der Waals surface area contributed by atoms with Gasteiger partial charge >= 0.3 is 5.97 Å². The van der Waals surface area contributed by atoms with E-state index in [1.54, 1.807) is 0 Å². The van der Waals surface area contributed by atoms with Crippen LogP contribution in [0.4, 0.5) is 0 Å². The number of hydrogen-bond donors (Lipinski definition) is 5. The standard InChI is InChI=1S/C17H33N5O2.CH3NO/c1-2-3-8-24-17(23)15-10-14-9-12(4-6-13(14)11-20-15)5-7-16(18)21-22-19;2-1-3/h12-15,20,22H,2-11,19H2,1H3,(H2,18,21);1H,(H2,2,3). The van der Waals surface area contributed by atoms with E-state index in [1.165, 1.54) is 19.3 Å². The molecule has 0 radical (unpaired) electrons. The first-order valence-electron chi connectivity index (χ1n) is 9.88. The highest BCUT2D eigenvalue weighted by Gasteiger charge is 2.38. The number of hydrazine groups is 1. The molecule has 0 aromatic heterocycles. The smallest absolute Gasteiger partial charge is 0.323 e. The van der Waals surface area contributed by atoms with E-state index in [2.05, 4.69) is 28.6 Å². The van der Waals surface area contributed by atoms with Crippen LogP contribution in [0.3, 0.4) is 0 Å². The van der Waals surface area contributed by atoms with Crippen molar-refractivity contribution in [1.29, 1.82) is 0 Å².